The largest absolute Gasteiger partial charge is 0.623 e. The van der Waals surface area contributed by atoms with Crippen LogP contribution in [0.4, 0.5) is 0 Å². The molecule has 0 bridgehead atoms. The highest BCUT2D eigenvalue weighted by Crippen LogP contribution is 2.12. The Balaban J connectivity index is 2.20. The lowest BCUT2D eigenvalue weighted by Gasteiger charge is -2.09. The smallest absolute Gasteiger partial charge is 0.191 e. The lowest BCUT2D eigenvalue weighted by molar-refractivity contribution is -0.474. The van der Waals surface area contributed by atoms with Crippen LogP contribution in [0.2, 0.25) is 0 Å². The fourth-order valence-electron chi connectivity index (χ4n) is 1.84. The standard InChI is InChI=1S/C16H17NO2/c1-13(15-8-10-16(19-2)11-9-15)17(18)12-14-6-4-3-5-7-14/h3-11H,12H2,1-2H3/b17-13-. The van der Waals surface area contributed by atoms with E-state index in [4.69, 9.17) is 4.74 Å². The highest BCUT2D eigenvalue weighted by Gasteiger charge is 2.07. The number of methoxy groups -OCH3 is 1. The van der Waals surface area contributed by atoms with Crippen LogP contribution in [0.3, 0.4) is 0 Å². The van der Waals surface area contributed by atoms with E-state index < -0.39 is 0 Å². The van der Waals surface area contributed by atoms with Crippen molar-refractivity contribution in [3.05, 3.63) is 70.9 Å². The number of hydroxylamine groups is 1. The summed E-state index contributed by atoms with van der Waals surface area (Å²) in [6.45, 7) is 2.19. The second-order valence-corrected chi connectivity index (χ2v) is 4.34. The van der Waals surface area contributed by atoms with Crippen molar-refractivity contribution in [2.75, 3.05) is 7.11 Å². The summed E-state index contributed by atoms with van der Waals surface area (Å²) in [5, 5.41) is 12.1. The Kier molecular flexibility index (Phi) is 4.18. The van der Waals surface area contributed by atoms with Gasteiger partial charge in [-0.15, -0.1) is 0 Å². The zero-order valence-electron chi connectivity index (χ0n) is 11.2. The zero-order valence-corrected chi connectivity index (χ0v) is 11.2. The Morgan fingerprint density at radius 2 is 1.68 bits per heavy atom. The first-order chi connectivity index (χ1) is 9.20. The van der Waals surface area contributed by atoms with Crippen LogP contribution >= 0.6 is 0 Å². The van der Waals surface area contributed by atoms with Gasteiger partial charge < -0.3 is 9.94 Å². The predicted molar refractivity (Wildman–Crippen MR) is 76.6 cm³/mol. The molecule has 0 radical (unpaired) electrons. The molecule has 2 rings (SSSR count). The minimum atomic E-state index is 0.360. The van der Waals surface area contributed by atoms with E-state index in [1.165, 1.54) is 0 Å². The summed E-state index contributed by atoms with van der Waals surface area (Å²) in [6, 6.07) is 17.2. The molecule has 3 heteroatoms. The van der Waals surface area contributed by atoms with Gasteiger partial charge in [0.25, 0.3) is 0 Å². The Morgan fingerprint density at radius 3 is 2.26 bits per heavy atom. The number of rotatable bonds is 4. The van der Waals surface area contributed by atoms with Crippen molar-refractivity contribution >= 4 is 5.71 Å². The van der Waals surface area contributed by atoms with Crippen molar-refractivity contribution in [3.63, 3.8) is 0 Å². The van der Waals surface area contributed by atoms with Gasteiger partial charge in [0.15, 0.2) is 12.3 Å². The quantitative estimate of drug-likeness (QED) is 0.364. The van der Waals surface area contributed by atoms with Gasteiger partial charge in [-0.1, -0.05) is 30.3 Å². The SMILES string of the molecule is COc1ccc(/C(C)=[N+](\[O-])Cc2ccccc2)cc1. The summed E-state index contributed by atoms with van der Waals surface area (Å²) in [4.78, 5) is 0. The number of nitrogens with zero attached hydrogens (tertiary/aromatic N) is 1. The molecule has 3 nitrogen and oxygen atoms in total. The van der Waals surface area contributed by atoms with Gasteiger partial charge in [-0.3, -0.25) is 0 Å². The maximum Gasteiger partial charge on any atom is 0.191 e. The molecule has 0 fully saturated rings. The number of hydrogen-bond donors (Lipinski definition) is 0. The molecule has 0 aromatic heterocycles. The molecule has 0 heterocycles. The minimum absolute atomic E-state index is 0.360. The summed E-state index contributed by atoms with van der Waals surface area (Å²) in [6.07, 6.45) is 0. The topological polar surface area (TPSA) is 35.3 Å². The van der Waals surface area contributed by atoms with Gasteiger partial charge in [0.2, 0.25) is 0 Å². The van der Waals surface area contributed by atoms with Gasteiger partial charge in [0.1, 0.15) is 5.75 Å². The van der Waals surface area contributed by atoms with Gasteiger partial charge in [-0.2, -0.15) is 0 Å². The molecule has 0 aliphatic rings. The van der Waals surface area contributed by atoms with Gasteiger partial charge >= 0.3 is 0 Å². The fourth-order valence-corrected chi connectivity index (χ4v) is 1.84. The van der Waals surface area contributed by atoms with Crippen LogP contribution in [0.1, 0.15) is 18.1 Å². The molecular formula is C16H17NO2. The van der Waals surface area contributed by atoms with Gasteiger partial charge in [-0.25, -0.2) is 4.74 Å². The molecule has 0 atom stereocenters. The number of benzene rings is 2. The van der Waals surface area contributed by atoms with Gasteiger partial charge in [0.05, 0.1) is 7.11 Å². The Hall–Kier alpha value is -2.29. The van der Waals surface area contributed by atoms with Crippen molar-refractivity contribution in [2.24, 2.45) is 0 Å². The third kappa shape index (κ3) is 3.35. The van der Waals surface area contributed by atoms with Crippen molar-refractivity contribution in [1.82, 2.24) is 0 Å². The first-order valence-corrected chi connectivity index (χ1v) is 6.17. The molecule has 19 heavy (non-hydrogen) atoms. The van der Waals surface area contributed by atoms with Crippen molar-refractivity contribution < 1.29 is 9.48 Å². The lowest BCUT2D eigenvalue weighted by atomic mass is 10.1. The summed E-state index contributed by atoms with van der Waals surface area (Å²) < 4.78 is 6.12. The van der Waals surface area contributed by atoms with E-state index in [1.54, 1.807) is 7.11 Å². The fraction of sp³-hybridized carbons (Fsp3) is 0.188. The maximum absolute atomic E-state index is 12.1. The van der Waals surface area contributed by atoms with Gasteiger partial charge in [-0.05, 0) is 24.3 Å². The highest BCUT2D eigenvalue weighted by molar-refractivity contribution is 5.95. The van der Waals surface area contributed by atoms with E-state index in [0.717, 1.165) is 21.6 Å². The molecule has 0 saturated carbocycles. The van der Waals surface area contributed by atoms with E-state index in [0.29, 0.717) is 12.3 Å². The van der Waals surface area contributed by atoms with Crippen LogP contribution in [0.25, 0.3) is 0 Å². The summed E-state index contributed by atoms with van der Waals surface area (Å²) >= 11 is 0. The number of ether oxygens (including phenoxy) is 1. The van der Waals surface area contributed by atoms with Crippen LogP contribution in [0.5, 0.6) is 5.75 Å². The highest BCUT2D eigenvalue weighted by atomic mass is 16.5. The molecule has 0 N–H and O–H groups in total. The van der Waals surface area contributed by atoms with Crippen molar-refractivity contribution in [2.45, 2.75) is 13.5 Å². The van der Waals surface area contributed by atoms with Crippen LogP contribution in [-0.2, 0) is 6.54 Å². The average molecular weight is 255 g/mol. The van der Waals surface area contributed by atoms with E-state index >= 15 is 0 Å². The summed E-state index contributed by atoms with van der Waals surface area (Å²) in [5.41, 5.74) is 2.61. The molecule has 0 amide bonds. The molecule has 0 aliphatic heterocycles. The molecule has 2 aromatic rings. The third-order valence-electron chi connectivity index (χ3n) is 3.05. The van der Waals surface area contributed by atoms with E-state index in [1.807, 2.05) is 61.5 Å². The molecule has 2 aromatic carbocycles. The first-order valence-electron chi connectivity index (χ1n) is 6.17. The number of hydrogen-bond acceptors (Lipinski definition) is 2. The molecule has 0 unspecified atom stereocenters. The molecular weight excluding hydrogens is 238 g/mol. The van der Waals surface area contributed by atoms with E-state index in [9.17, 15) is 5.21 Å². The van der Waals surface area contributed by atoms with Crippen molar-refractivity contribution in [1.29, 1.82) is 0 Å². The van der Waals surface area contributed by atoms with Crippen molar-refractivity contribution in [3.8, 4) is 5.75 Å². The Labute approximate surface area is 113 Å². The third-order valence-corrected chi connectivity index (χ3v) is 3.05. The van der Waals surface area contributed by atoms with Gasteiger partial charge in [0, 0.05) is 18.1 Å². The van der Waals surface area contributed by atoms with Crippen LogP contribution < -0.4 is 4.74 Å². The average Bonchev–Trinajstić information content (AvgIpc) is 2.47. The summed E-state index contributed by atoms with van der Waals surface area (Å²) in [5.74, 6) is 0.789. The minimum Gasteiger partial charge on any atom is -0.623 e. The van der Waals surface area contributed by atoms with E-state index in [-0.39, 0.29) is 0 Å². The molecule has 0 spiro atoms. The maximum atomic E-state index is 12.1. The second-order valence-electron chi connectivity index (χ2n) is 4.34. The monoisotopic (exact) mass is 255 g/mol. The molecule has 0 aliphatic carbocycles. The Bertz CT molecular complexity index is 559. The molecule has 98 valence electrons. The first kappa shape index (κ1) is 13.1. The Morgan fingerprint density at radius 1 is 1.05 bits per heavy atom. The van der Waals surface area contributed by atoms with Crippen LogP contribution in [-0.4, -0.2) is 17.6 Å². The van der Waals surface area contributed by atoms with Crippen LogP contribution in [0.15, 0.2) is 54.6 Å². The zero-order chi connectivity index (χ0) is 13.7. The molecule has 0 saturated heterocycles. The second kappa shape index (κ2) is 6.05. The summed E-state index contributed by atoms with van der Waals surface area (Å²) in [7, 11) is 1.63. The lowest BCUT2D eigenvalue weighted by Crippen LogP contribution is -2.13. The van der Waals surface area contributed by atoms with Crippen LogP contribution in [0, 0.1) is 5.21 Å². The van der Waals surface area contributed by atoms with E-state index in [2.05, 4.69) is 0 Å². The normalized spacial score (nSPS) is 11.9. The predicted octanol–water partition coefficient (Wildman–Crippen LogP) is 3.21.